The predicted octanol–water partition coefficient (Wildman–Crippen LogP) is 2.08. The van der Waals surface area contributed by atoms with E-state index in [0.29, 0.717) is 6.54 Å². The van der Waals surface area contributed by atoms with E-state index < -0.39 is 0 Å². The Hall–Kier alpha value is -1.56. The number of piperazine rings is 1. The molecule has 0 spiro atoms. The molecule has 1 aliphatic rings. The van der Waals surface area contributed by atoms with Crippen molar-refractivity contribution in [2.24, 2.45) is 4.99 Å². The van der Waals surface area contributed by atoms with E-state index in [-0.39, 0.29) is 5.91 Å². The third-order valence-corrected chi connectivity index (χ3v) is 4.15. The molecular formula is C16H23BrN4O. The van der Waals surface area contributed by atoms with Crippen LogP contribution in [0, 0.1) is 0 Å². The van der Waals surface area contributed by atoms with E-state index >= 15 is 0 Å². The summed E-state index contributed by atoms with van der Waals surface area (Å²) in [5, 5.41) is 3.34. The van der Waals surface area contributed by atoms with E-state index in [2.05, 4.69) is 45.2 Å². The quantitative estimate of drug-likeness (QED) is 0.657. The second-order valence-corrected chi connectivity index (χ2v) is 6.21. The van der Waals surface area contributed by atoms with Gasteiger partial charge < -0.3 is 15.1 Å². The van der Waals surface area contributed by atoms with Crippen LogP contribution < -0.4 is 5.32 Å². The van der Waals surface area contributed by atoms with E-state index in [9.17, 15) is 4.79 Å². The minimum absolute atomic E-state index is 0.149. The fourth-order valence-corrected chi connectivity index (χ4v) is 2.91. The highest BCUT2D eigenvalue weighted by molar-refractivity contribution is 9.10. The van der Waals surface area contributed by atoms with Gasteiger partial charge in [0.15, 0.2) is 5.96 Å². The van der Waals surface area contributed by atoms with Gasteiger partial charge >= 0.3 is 0 Å². The first-order valence-electron chi connectivity index (χ1n) is 7.63. The number of carbonyl (C=O) groups is 1. The van der Waals surface area contributed by atoms with Gasteiger partial charge in [-0.2, -0.15) is 0 Å². The van der Waals surface area contributed by atoms with Crippen molar-refractivity contribution in [3.63, 3.8) is 0 Å². The summed E-state index contributed by atoms with van der Waals surface area (Å²) in [6, 6.07) is 8.19. The molecule has 0 saturated carbocycles. The maximum atomic E-state index is 11.4. The lowest BCUT2D eigenvalue weighted by atomic mass is 10.2. The zero-order valence-corrected chi connectivity index (χ0v) is 14.8. The molecule has 0 unspecified atom stereocenters. The van der Waals surface area contributed by atoms with Crippen molar-refractivity contribution < 1.29 is 4.79 Å². The number of nitrogens with zero attached hydrogens (tertiary/aromatic N) is 3. The molecule has 2 rings (SSSR count). The van der Waals surface area contributed by atoms with E-state index in [1.54, 1.807) is 6.92 Å². The maximum Gasteiger partial charge on any atom is 0.219 e. The maximum absolute atomic E-state index is 11.4. The van der Waals surface area contributed by atoms with Crippen LogP contribution >= 0.6 is 15.9 Å². The molecule has 120 valence electrons. The third kappa shape index (κ3) is 4.73. The van der Waals surface area contributed by atoms with E-state index in [0.717, 1.165) is 43.2 Å². The lowest BCUT2D eigenvalue weighted by Gasteiger charge is -2.36. The van der Waals surface area contributed by atoms with Gasteiger partial charge in [-0.3, -0.25) is 4.79 Å². The van der Waals surface area contributed by atoms with Crippen LogP contribution in [0.5, 0.6) is 0 Å². The molecule has 1 heterocycles. The average Bonchev–Trinajstić information content (AvgIpc) is 2.51. The van der Waals surface area contributed by atoms with Gasteiger partial charge in [-0.1, -0.05) is 28.1 Å². The molecule has 0 atom stereocenters. The molecule has 1 aliphatic heterocycles. The average molecular weight is 367 g/mol. The fourth-order valence-electron chi connectivity index (χ4n) is 2.46. The Kier molecular flexibility index (Phi) is 6.24. The first-order chi connectivity index (χ1) is 10.6. The Balaban J connectivity index is 2.00. The summed E-state index contributed by atoms with van der Waals surface area (Å²) in [6.07, 6.45) is 0. The standard InChI is InChI=1S/C16H23BrN4O/c1-3-18-16(19-12-14-5-4-6-15(17)11-14)21-9-7-20(8-10-21)13(2)22/h4-6,11H,3,7-10,12H2,1-2H3,(H,18,19). The van der Waals surface area contributed by atoms with Gasteiger partial charge in [0.2, 0.25) is 5.91 Å². The topological polar surface area (TPSA) is 47.9 Å². The SMILES string of the molecule is CCNC(=NCc1cccc(Br)c1)N1CCN(C(C)=O)CC1. The van der Waals surface area contributed by atoms with Crippen molar-refractivity contribution in [1.82, 2.24) is 15.1 Å². The number of benzene rings is 1. The van der Waals surface area contributed by atoms with E-state index in [4.69, 9.17) is 4.99 Å². The summed E-state index contributed by atoms with van der Waals surface area (Å²) in [4.78, 5) is 20.2. The number of rotatable bonds is 3. The Bertz CT molecular complexity index is 539. The predicted molar refractivity (Wildman–Crippen MR) is 92.8 cm³/mol. The molecule has 1 amide bonds. The molecule has 1 N–H and O–H groups in total. The van der Waals surface area contributed by atoms with Crippen LogP contribution in [0.15, 0.2) is 33.7 Å². The third-order valence-electron chi connectivity index (χ3n) is 3.66. The van der Waals surface area contributed by atoms with Gasteiger partial charge in [0.1, 0.15) is 0 Å². The number of hydrogen-bond donors (Lipinski definition) is 1. The van der Waals surface area contributed by atoms with Crippen LogP contribution in [0.25, 0.3) is 0 Å². The van der Waals surface area contributed by atoms with E-state index in [1.807, 2.05) is 17.0 Å². The second kappa shape index (κ2) is 8.17. The van der Waals surface area contributed by atoms with Crippen molar-refractivity contribution in [2.45, 2.75) is 20.4 Å². The Morgan fingerprint density at radius 2 is 1.95 bits per heavy atom. The first kappa shape index (κ1) is 16.8. The normalized spacial score (nSPS) is 15.9. The molecule has 0 aromatic heterocycles. The number of amides is 1. The number of halogens is 1. The van der Waals surface area contributed by atoms with Gasteiger partial charge in [0.25, 0.3) is 0 Å². The smallest absolute Gasteiger partial charge is 0.219 e. The number of nitrogens with one attached hydrogen (secondary N) is 1. The van der Waals surface area contributed by atoms with Crippen molar-refractivity contribution in [2.75, 3.05) is 32.7 Å². The molecule has 1 fully saturated rings. The summed E-state index contributed by atoms with van der Waals surface area (Å²) in [5.74, 6) is 1.07. The number of aliphatic imine (C=N–C) groups is 1. The monoisotopic (exact) mass is 366 g/mol. The zero-order chi connectivity index (χ0) is 15.9. The molecule has 1 aromatic carbocycles. The van der Waals surface area contributed by atoms with Crippen LogP contribution in [-0.4, -0.2) is 54.4 Å². The molecule has 6 heteroatoms. The summed E-state index contributed by atoms with van der Waals surface area (Å²) in [7, 11) is 0. The lowest BCUT2D eigenvalue weighted by Crippen LogP contribution is -2.53. The Morgan fingerprint density at radius 3 is 2.55 bits per heavy atom. The van der Waals surface area contributed by atoms with Gasteiger partial charge in [-0.25, -0.2) is 4.99 Å². The highest BCUT2D eigenvalue weighted by Crippen LogP contribution is 2.12. The van der Waals surface area contributed by atoms with Gasteiger partial charge in [-0.15, -0.1) is 0 Å². The largest absolute Gasteiger partial charge is 0.357 e. The second-order valence-electron chi connectivity index (χ2n) is 5.29. The van der Waals surface area contributed by atoms with Crippen LogP contribution in [0.2, 0.25) is 0 Å². The van der Waals surface area contributed by atoms with E-state index in [1.165, 1.54) is 5.56 Å². The van der Waals surface area contributed by atoms with Crippen LogP contribution in [-0.2, 0) is 11.3 Å². The molecule has 22 heavy (non-hydrogen) atoms. The van der Waals surface area contributed by atoms with Gasteiger partial charge in [0, 0.05) is 44.1 Å². The Labute approximate surface area is 140 Å². The first-order valence-corrected chi connectivity index (χ1v) is 8.42. The molecular weight excluding hydrogens is 344 g/mol. The van der Waals surface area contributed by atoms with Crippen molar-refractivity contribution >= 4 is 27.8 Å². The lowest BCUT2D eigenvalue weighted by molar-refractivity contribution is -0.130. The van der Waals surface area contributed by atoms with Gasteiger partial charge in [-0.05, 0) is 24.6 Å². The fraction of sp³-hybridized carbons (Fsp3) is 0.500. The highest BCUT2D eigenvalue weighted by Gasteiger charge is 2.20. The molecule has 5 nitrogen and oxygen atoms in total. The summed E-state index contributed by atoms with van der Waals surface area (Å²) in [5.41, 5.74) is 1.17. The van der Waals surface area contributed by atoms with Crippen molar-refractivity contribution in [3.05, 3.63) is 34.3 Å². The number of hydrogen-bond acceptors (Lipinski definition) is 2. The molecule has 0 aliphatic carbocycles. The van der Waals surface area contributed by atoms with Crippen LogP contribution in [0.3, 0.4) is 0 Å². The summed E-state index contributed by atoms with van der Waals surface area (Å²) >= 11 is 3.48. The molecule has 1 aromatic rings. The molecule has 1 saturated heterocycles. The number of carbonyl (C=O) groups excluding carboxylic acids is 1. The number of guanidine groups is 1. The van der Waals surface area contributed by atoms with Crippen molar-refractivity contribution in [1.29, 1.82) is 0 Å². The van der Waals surface area contributed by atoms with Crippen LogP contribution in [0.4, 0.5) is 0 Å². The minimum Gasteiger partial charge on any atom is -0.357 e. The summed E-state index contributed by atoms with van der Waals surface area (Å²) in [6.45, 7) is 8.35. The molecule has 0 radical (unpaired) electrons. The summed E-state index contributed by atoms with van der Waals surface area (Å²) < 4.78 is 1.07. The molecule has 0 bridgehead atoms. The van der Waals surface area contributed by atoms with Crippen LogP contribution in [0.1, 0.15) is 19.4 Å². The Morgan fingerprint density at radius 1 is 1.27 bits per heavy atom. The van der Waals surface area contributed by atoms with Crippen molar-refractivity contribution in [3.8, 4) is 0 Å². The minimum atomic E-state index is 0.149. The van der Waals surface area contributed by atoms with Gasteiger partial charge in [0.05, 0.1) is 6.54 Å². The highest BCUT2D eigenvalue weighted by atomic mass is 79.9. The zero-order valence-electron chi connectivity index (χ0n) is 13.2.